The summed E-state index contributed by atoms with van der Waals surface area (Å²) in [4.78, 5) is 4.58. The minimum absolute atomic E-state index is 0.0155. The van der Waals surface area contributed by atoms with Gasteiger partial charge in [0.2, 0.25) is 5.75 Å². The normalized spacial score (nSPS) is 18.9. The monoisotopic (exact) mass is 371 g/mol. The van der Waals surface area contributed by atoms with Gasteiger partial charge in [0.05, 0.1) is 40.5 Å². The summed E-state index contributed by atoms with van der Waals surface area (Å²) in [5, 5.41) is 3.25. The molecule has 0 amide bonds. The fraction of sp³-hybridized carbons (Fsp3) is 0.350. The zero-order valence-corrected chi connectivity index (χ0v) is 16.0. The van der Waals surface area contributed by atoms with E-state index in [4.69, 9.17) is 24.7 Å². The van der Waals surface area contributed by atoms with Crippen LogP contribution in [0.3, 0.4) is 0 Å². The standard InChI is InChI=1S/C20H25N3O4/c1-24-14-7-5-6-12(8-14)15-11-16(23-20(21)22-15)13-9-17(25-2)19(27-4)18(10-13)26-3/h5-10,15-16H,11H2,1-4H3,(H3,21,22,23). The first-order valence-electron chi connectivity index (χ1n) is 8.63. The van der Waals surface area contributed by atoms with Crippen molar-refractivity contribution in [3.8, 4) is 23.0 Å². The molecule has 1 heterocycles. The Hall–Kier alpha value is -3.09. The van der Waals surface area contributed by atoms with Crippen LogP contribution in [0.5, 0.6) is 23.0 Å². The molecular weight excluding hydrogens is 346 g/mol. The third-order valence-corrected chi connectivity index (χ3v) is 4.64. The van der Waals surface area contributed by atoms with E-state index in [1.807, 2.05) is 36.4 Å². The summed E-state index contributed by atoms with van der Waals surface area (Å²) in [5.74, 6) is 2.95. The summed E-state index contributed by atoms with van der Waals surface area (Å²) >= 11 is 0. The van der Waals surface area contributed by atoms with E-state index >= 15 is 0 Å². The Morgan fingerprint density at radius 3 is 2.22 bits per heavy atom. The highest BCUT2D eigenvalue weighted by atomic mass is 16.5. The van der Waals surface area contributed by atoms with E-state index in [1.165, 1.54) is 0 Å². The Labute approximate surface area is 159 Å². The molecule has 3 rings (SSSR count). The van der Waals surface area contributed by atoms with Gasteiger partial charge in [0, 0.05) is 0 Å². The van der Waals surface area contributed by atoms with E-state index in [1.54, 1.807) is 28.4 Å². The number of nitrogens with zero attached hydrogens (tertiary/aromatic N) is 1. The Bertz CT molecular complexity index is 813. The molecule has 1 aliphatic rings. The molecule has 2 atom stereocenters. The van der Waals surface area contributed by atoms with Crippen molar-refractivity contribution in [3.63, 3.8) is 0 Å². The number of nitrogens with two attached hydrogens (primary N) is 1. The van der Waals surface area contributed by atoms with Gasteiger partial charge in [0.25, 0.3) is 0 Å². The molecule has 2 unspecified atom stereocenters. The second-order valence-electron chi connectivity index (χ2n) is 6.20. The molecule has 0 saturated heterocycles. The van der Waals surface area contributed by atoms with E-state index in [0.717, 1.165) is 23.3 Å². The molecule has 2 aromatic rings. The van der Waals surface area contributed by atoms with Crippen molar-refractivity contribution in [2.24, 2.45) is 10.7 Å². The molecule has 2 aromatic carbocycles. The van der Waals surface area contributed by atoms with Gasteiger partial charge in [-0.25, -0.2) is 4.99 Å². The number of guanidine groups is 1. The number of rotatable bonds is 6. The second kappa shape index (κ2) is 8.07. The maximum atomic E-state index is 6.08. The minimum Gasteiger partial charge on any atom is -0.497 e. The number of hydrogen-bond donors (Lipinski definition) is 2. The molecule has 0 aliphatic carbocycles. The van der Waals surface area contributed by atoms with Crippen molar-refractivity contribution < 1.29 is 18.9 Å². The van der Waals surface area contributed by atoms with Crippen LogP contribution in [0, 0.1) is 0 Å². The molecule has 7 heteroatoms. The SMILES string of the molecule is COc1cccc(C2CC(c3cc(OC)c(OC)c(OC)c3)N=C(N)N2)c1. The van der Waals surface area contributed by atoms with Crippen molar-refractivity contribution in [1.82, 2.24) is 5.32 Å². The predicted octanol–water partition coefficient (Wildman–Crippen LogP) is 2.81. The summed E-state index contributed by atoms with van der Waals surface area (Å²) in [6.07, 6.45) is 0.729. The summed E-state index contributed by atoms with van der Waals surface area (Å²) in [6, 6.07) is 11.6. The second-order valence-corrected chi connectivity index (χ2v) is 6.20. The molecular formula is C20H25N3O4. The van der Waals surface area contributed by atoms with Crippen LogP contribution in [-0.4, -0.2) is 34.4 Å². The average Bonchev–Trinajstić information content (AvgIpc) is 2.72. The molecule has 7 nitrogen and oxygen atoms in total. The van der Waals surface area contributed by atoms with Crippen LogP contribution >= 0.6 is 0 Å². The fourth-order valence-electron chi connectivity index (χ4n) is 3.30. The highest BCUT2D eigenvalue weighted by Gasteiger charge is 2.27. The molecule has 0 fully saturated rings. The number of nitrogens with one attached hydrogen (secondary N) is 1. The highest BCUT2D eigenvalue weighted by Crippen LogP contribution is 2.42. The van der Waals surface area contributed by atoms with Gasteiger partial charge in [0.1, 0.15) is 5.75 Å². The first kappa shape index (κ1) is 18.7. The molecule has 0 aromatic heterocycles. The summed E-state index contributed by atoms with van der Waals surface area (Å²) in [5.41, 5.74) is 8.11. The lowest BCUT2D eigenvalue weighted by molar-refractivity contribution is 0.323. The molecule has 0 bridgehead atoms. The molecule has 3 N–H and O–H groups in total. The first-order valence-corrected chi connectivity index (χ1v) is 8.63. The largest absolute Gasteiger partial charge is 0.497 e. The molecule has 0 radical (unpaired) electrons. The number of hydrogen-bond acceptors (Lipinski definition) is 7. The van der Waals surface area contributed by atoms with Crippen LogP contribution in [-0.2, 0) is 0 Å². The van der Waals surface area contributed by atoms with Gasteiger partial charge >= 0.3 is 0 Å². The lowest BCUT2D eigenvalue weighted by atomic mass is 9.93. The van der Waals surface area contributed by atoms with Crippen LogP contribution in [0.4, 0.5) is 0 Å². The molecule has 27 heavy (non-hydrogen) atoms. The van der Waals surface area contributed by atoms with Gasteiger partial charge in [0.15, 0.2) is 17.5 Å². The fourth-order valence-corrected chi connectivity index (χ4v) is 3.30. The highest BCUT2D eigenvalue weighted by molar-refractivity contribution is 5.79. The lowest BCUT2D eigenvalue weighted by Gasteiger charge is -2.29. The van der Waals surface area contributed by atoms with E-state index in [-0.39, 0.29) is 12.1 Å². The van der Waals surface area contributed by atoms with Crippen LogP contribution in [0.15, 0.2) is 41.4 Å². The Balaban J connectivity index is 1.95. The van der Waals surface area contributed by atoms with Crippen molar-refractivity contribution in [3.05, 3.63) is 47.5 Å². The molecule has 0 spiro atoms. The van der Waals surface area contributed by atoms with Crippen LogP contribution < -0.4 is 30.0 Å². The van der Waals surface area contributed by atoms with E-state index < -0.39 is 0 Å². The summed E-state index contributed by atoms with van der Waals surface area (Å²) in [6.45, 7) is 0. The summed E-state index contributed by atoms with van der Waals surface area (Å²) in [7, 11) is 6.43. The quantitative estimate of drug-likeness (QED) is 0.812. The smallest absolute Gasteiger partial charge is 0.203 e. The maximum absolute atomic E-state index is 6.08. The number of aliphatic imine (C=N–C) groups is 1. The van der Waals surface area contributed by atoms with Crippen molar-refractivity contribution in [2.45, 2.75) is 18.5 Å². The van der Waals surface area contributed by atoms with Crippen molar-refractivity contribution >= 4 is 5.96 Å². The van der Waals surface area contributed by atoms with Gasteiger partial charge < -0.3 is 30.0 Å². The van der Waals surface area contributed by atoms with E-state index in [0.29, 0.717) is 23.2 Å². The van der Waals surface area contributed by atoms with E-state index in [9.17, 15) is 0 Å². The number of benzene rings is 2. The minimum atomic E-state index is -0.142. The number of methoxy groups -OCH3 is 4. The van der Waals surface area contributed by atoms with Crippen LogP contribution in [0.25, 0.3) is 0 Å². The maximum Gasteiger partial charge on any atom is 0.203 e. The zero-order valence-electron chi connectivity index (χ0n) is 16.0. The predicted molar refractivity (Wildman–Crippen MR) is 104 cm³/mol. The topological polar surface area (TPSA) is 87.3 Å². The summed E-state index contributed by atoms with van der Waals surface area (Å²) < 4.78 is 21.7. The number of ether oxygens (including phenoxy) is 4. The van der Waals surface area contributed by atoms with Gasteiger partial charge in [-0.1, -0.05) is 12.1 Å². The molecule has 144 valence electrons. The van der Waals surface area contributed by atoms with Crippen molar-refractivity contribution in [1.29, 1.82) is 0 Å². The molecule has 1 aliphatic heterocycles. The third-order valence-electron chi connectivity index (χ3n) is 4.64. The van der Waals surface area contributed by atoms with E-state index in [2.05, 4.69) is 10.3 Å². The zero-order chi connectivity index (χ0) is 19.4. The van der Waals surface area contributed by atoms with Crippen molar-refractivity contribution in [2.75, 3.05) is 28.4 Å². The van der Waals surface area contributed by atoms with Gasteiger partial charge in [-0.15, -0.1) is 0 Å². The van der Waals surface area contributed by atoms with Crippen LogP contribution in [0.2, 0.25) is 0 Å². The van der Waals surface area contributed by atoms with Gasteiger partial charge in [-0.2, -0.15) is 0 Å². The first-order chi connectivity index (χ1) is 13.1. The Morgan fingerprint density at radius 1 is 0.926 bits per heavy atom. The lowest BCUT2D eigenvalue weighted by Crippen LogP contribution is -2.39. The van der Waals surface area contributed by atoms with Crippen LogP contribution in [0.1, 0.15) is 29.6 Å². The Morgan fingerprint density at radius 2 is 1.63 bits per heavy atom. The Kier molecular flexibility index (Phi) is 5.59. The molecule has 0 saturated carbocycles. The van der Waals surface area contributed by atoms with Gasteiger partial charge in [-0.3, -0.25) is 0 Å². The third kappa shape index (κ3) is 3.86. The van der Waals surface area contributed by atoms with Gasteiger partial charge in [-0.05, 0) is 41.8 Å². The average molecular weight is 371 g/mol.